The Morgan fingerprint density at radius 2 is 1.53 bits per heavy atom. The second kappa shape index (κ2) is 7.09. The lowest BCUT2D eigenvalue weighted by atomic mass is 9.32. The average Bonchev–Trinajstić information content (AvgIpc) is 3.12. The molecule has 1 unspecified atom stereocenters. The lowest BCUT2D eigenvalue weighted by molar-refractivity contribution is -0.249. The summed E-state index contributed by atoms with van der Waals surface area (Å²) in [7, 11) is 0. The average molecular weight is 443 g/mol. The van der Waals surface area contributed by atoms with Gasteiger partial charge in [0.05, 0.1) is 6.10 Å². The highest BCUT2D eigenvalue weighted by Gasteiger charge is 2.70. The molecular formula is C30H50O2. The van der Waals surface area contributed by atoms with E-state index in [0.717, 1.165) is 18.3 Å². The van der Waals surface area contributed by atoms with E-state index in [1.165, 1.54) is 63.4 Å². The lowest BCUT2D eigenvalue weighted by Crippen LogP contribution is -2.66. The monoisotopic (exact) mass is 442 g/mol. The van der Waals surface area contributed by atoms with Crippen LogP contribution in [-0.4, -0.2) is 22.9 Å². The summed E-state index contributed by atoms with van der Waals surface area (Å²) in [5, 5.41) is 21.5. The van der Waals surface area contributed by atoms with E-state index >= 15 is 0 Å². The van der Waals surface area contributed by atoms with Crippen LogP contribution in [-0.2, 0) is 0 Å². The largest absolute Gasteiger partial charge is 0.396 e. The van der Waals surface area contributed by atoms with Crippen LogP contribution in [0.2, 0.25) is 0 Å². The van der Waals surface area contributed by atoms with Gasteiger partial charge in [0.2, 0.25) is 0 Å². The van der Waals surface area contributed by atoms with Crippen molar-refractivity contribution in [3.05, 3.63) is 12.2 Å². The molecule has 2 nitrogen and oxygen atoms in total. The van der Waals surface area contributed by atoms with Crippen LogP contribution >= 0.6 is 0 Å². The zero-order chi connectivity index (χ0) is 23.3. The molecule has 0 spiro atoms. The Morgan fingerprint density at radius 1 is 0.812 bits per heavy atom. The van der Waals surface area contributed by atoms with Gasteiger partial charge in [-0.05, 0) is 128 Å². The van der Waals surface area contributed by atoms with Gasteiger partial charge in [0.1, 0.15) is 0 Å². The standard InChI is InChI=1S/C30H50O2/c1-19(2)20-10-15-30(18-31)17-16-28(6)21(25(20)30)8-9-23-27(5)13-12-24(32)26(3,4)22(27)11-14-29(23,28)7/h20-25,31-32H,1,8-18H2,2-7H3/t20?,21-,22+,23-,24+,25-,27+,28-,29-,30-/m1/s1. The van der Waals surface area contributed by atoms with Crippen LogP contribution in [0.25, 0.3) is 0 Å². The Kier molecular flexibility index (Phi) is 5.19. The van der Waals surface area contributed by atoms with Gasteiger partial charge in [-0.3, -0.25) is 0 Å². The fourth-order valence-electron chi connectivity index (χ4n) is 11.5. The topological polar surface area (TPSA) is 40.5 Å². The first-order chi connectivity index (χ1) is 14.9. The van der Waals surface area contributed by atoms with Gasteiger partial charge in [-0.1, -0.05) is 46.8 Å². The third kappa shape index (κ3) is 2.66. The number of rotatable bonds is 2. The van der Waals surface area contributed by atoms with E-state index in [4.69, 9.17) is 0 Å². The van der Waals surface area contributed by atoms with Crippen LogP contribution in [0.15, 0.2) is 12.2 Å². The molecule has 0 saturated heterocycles. The quantitative estimate of drug-likeness (QED) is 0.452. The van der Waals surface area contributed by atoms with E-state index in [2.05, 4.69) is 48.1 Å². The first kappa shape index (κ1) is 23.4. The molecule has 5 saturated carbocycles. The van der Waals surface area contributed by atoms with Crippen molar-refractivity contribution in [2.75, 3.05) is 6.61 Å². The summed E-state index contributed by atoms with van der Waals surface area (Å²) in [5.41, 5.74) is 2.60. The molecular weight excluding hydrogens is 392 g/mol. The molecule has 5 aliphatic rings. The molecule has 2 N–H and O–H groups in total. The predicted octanol–water partition coefficient (Wildman–Crippen LogP) is 7.00. The second-order valence-electron chi connectivity index (χ2n) is 14.6. The number of hydrogen-bond acceptors (Lipinski definition) is 2. The number of allylic oxidation sites excluding steroid dienone is 1. The molecule has 32 heavy (non-hydrogen) atoms. The van der Waals surface area contributed by atoms with Gasteiger partial charge in [0.25, 0.3) is 0 Å². The summed E-state index contributed by atoms with van der Waals surface area (Å²) in [5.74, 6) is 3.33. The summed E-state index contributed by atoms with van der Waals surface area (Å²) >= 11 is 0. The highest BCUT2D eigenvalue weighted by atomic mass is 16.3. The third-order valence-electron chi connectivity index (χ3n) is 13.5. The zero-order valence-corrected chi connectivity index (χ0v) is 21.8. The summed E-state index contributed by atoms with van der Waals surface area (Å²) in [6.45, 7) is 19.7. The van der Waals surface area contributed by atoms with Gasteiger partial charge in [0, 0.05) is 6.61 Å². The first-order valence-corrected chi connectivity index (χ1v) is 13.8. The summed E-state index contributed by atoms with van der Waals surface area (Å²) in [6.07, 6.45) is 12.2. The van der Waals surface area contributed by atoms with Gasteiger partial charge < -0.3 is 10.2 Å². The lowest BCUT2D eigenvalue weighted by Gasteiger charge is -2.73. The molecule has 2 heteroatoms. The molecule has 0 aromatic heterocycles. The Bertz CT molecular complexity index is 786. The minimum atomic E-state index is -0.147. The molecule has 5 rings (SSSR count). The molecule has 0 aromatic rings. The molecule has 0 heterocycles. The molecule has 0 amide bonds. The maximum Gasteiger partial charge on any atom is 0.0594 e. The Hall–Kier alpha value is -0.340. The van der Waals surface area contributed by atoms with Gasteiger partial charge >= 0.3 is 0 Å². The maximum atomic E-state index is 10.9. The van der Waals surface area contributed by atoms with E-state index < -0.39 is 0 Å². The summed E-state index contributed by atoms with van der Waals surface area (Å²) < 4.78 is 0. The van der Waals surface area contributed by atoms with Crippen LogP contribution in [0.1, 0.15) is 106 Å². The van der Waals surface area contributed by atoms with Crippen molar-refractivity contribution < 1.29 is 10.2 Å². The molecule has 10 atom stereocenters. The normalized spacial score (nSPS) is 56.5. The minimum Gasteiger partial charge on any atom is -0.396 e. The van der Waals surface area contributed by atoms with Gasteiger partial charge in [-0.25, -0.2) is 0 Å². The van der Waals surface area contributed by atoms with Gasteiger partial charge in [-0.15, -0.1) is 0 Å². The number of hydrogen-bond donors (Lipinski definition) is 2. The number of fused-ring (bicyclic) bond motifs is 7. The van der Waals surface area contributed by atoms with Gasteiger partial charge in [-0.2, -0.15) is 0 Å². The number of aliphatic hydroxyl groups excluding tert-OH is 2. The molecule has 5 fully saturated rings. The molecule has 0 aliphatic heterocycles. The third-order valence-corrected chi connectivity index (χ3v) is 13.5. The molecule has 0 aromatic carbocycles. The molecule has 0 bridgehead atoms. The van der Waals surface area contributed by atoms with Crippen molar-refractivity contribution in [1.82, 2.24) is 0 Å². The predicted molar refractivity (Wildman–Crippen MR) is 132 cm³/mol. The fraction of sp³-hybridized carbons (Fsp3) is 0.933. The van der Waals surface area contributed by atoms with E-state index in [-0.39, 0.29) is 16.9 Å². The maximum absolute atomic E-state index is 10.9. The fourth-order valence-corrected chi connectivity index (χ4v) is 11.5. The van der Waals surface area contributed by atoms with E-state index in [9.17, 15) is 10.2 Å². The van der Waals surface area contributed by atoms with Crippen molar-refractivity contribution in [2.45, 2.75) is 112 Å². The highest BCUT2D eigenvalue weighted by molar-refractivity contribution is 5.21. The van der Waals surface area contributed by atoms with Crippen molar-refractivity contribution in [1.29, 1.82) is 0 Å². The smallest absolute Gasteiger partial charge is 0.0594 e. The Balaban J connectivity index is 1.55. The van der Waals surface area contributed by atoms with Crippen molar-refractivity contribution in [3.63, 3.8) is 0 Å². The van der Waals surface area contributed by atoms with E-state index in [0.29, 0.717) is 40.6 Å². The van der Waals surface area contributed by atoms with Crippen LogP contribution < -0.4 is 0 Å². The zero-order valence-electron chi connectivity index (χ0n) is 21.8. The van der Waals surface area contributed by atoms with Crippen molar-refractivity contribution in [2.24, 2.45) is 56.7 Å². The highest BCUT2D eigenvalue weighted by Crippen LogP contribution is 2.77. The van der Waals surface area contributed by atoms with Crippen molar-refractivity contribution >= 4 is 0 Å². The Morgan fingerprint density at radius 3 is 2.19 bits per heavy atom. The SMILES string of the molecule is C=C(C)C1CC[C@]2(CO)CC[C@]3(C)[C@H](CC[C@@H]4[C@@]5(C)CC[C@H](O)C(C)(C)[C@@H]5CC[C@]43C)[C@@H]12. The van der Waals surface area contributed by atoms with Crippen LogP contribution in [0.3, 0.4) is 0 Å². The summed E-state index contributed by atoms with van der Waals surface area (Å²) in [6, 6.07) is 0. The molecule has 0 radical (unpaired) electrons. The van der Waals surface area contributed by atoms with E-state index in [1.807, 2.05) is 0 Å². The molecule has 5 aliphatic carbocycles. The van der Waals surface area contributed by atoms with Crippen LogP contribution in [0.5, 0.6) is 0 Å². The van der Waals surface area contributed by atoms with E-state index in [1.54, 1.807) is 0 Å². The second-order valence-corrected chi connectivity index (χ2v) is 14.6. The summed E-state index contributed by atoms with van der Waals surface area (Å²) in [4.78, 5) is 0. The first-order valence-electron chi connectivity index (χ1n) is 13.8. The Labute approximate surface area is 197 Å². The molecule has 182 valence electrons. The van der Waals surface area contributed by atoms with Crippen LogP contribution in [0.4, 0.5) is 0 Å². The minimum absolute atomic E-state index is 0.0290. The number of aliphatic hydroxyl groups is 2. The van der Waals surface area contributed by atoms with Crippen molar-refractivity contribution in [3.8, 4) is 0 Å². The van der Waals surface area contributed by atoms with Gasteiger partial charge in [0.15, 0.2) is 0 Å². The van der Waals surface area contributed by atoms with Crippen LogP contribution in [0, 0.1) is 56.7 Å².